The Morgan fingerprint density at radius 2 is 1.74 bits per heavy atom. The first-order valence-corrected chi connectivity index (χ1v) is 8.31. The molecule has 0 unspecified atom stereocenters. The van der Waals surface area contributed by atoms with Gasteiger partial charge in [0.25, 0.3) is 0 Å². The molecule has 0 aliphatic rings. The van der Waals surface area contributed by atoms with Crippen molar-refractivity contribution in [3.05, 3.63) is 75.1 Å². The first-order valence-electron chi connectivity index (χ1n) is 8.31. The van der Waals surface area contributed by atoms with Crippen molar-refractivity contribution in [2.24, 2.45) is 0 Å². The number of methoxy groups -OCH3 is 1. The highest BCUT2D eigenvalue weighted by Crippen LogP contribution is 2.25. The van der Waals surface area contributed by atoms with Gasteiger partial charge in [-0.1, -0.05) is 17.7 Å². The van der Waals surface area contributed by atoms with E-state index in [-0.39, 0.29) is 23.3 Å². The Balaban J connectivity index is 1.92. The summed E-state index contributed by atoms with van der Waals surface area (Å²) in [5.74, 6) is -0.763. The maximum atomic E-state index is 12.2. The van der Waals surface area contributed by atoms with Crippen molar-refractivity contribution in [1.29, 1.82) is 0 Å². The van der Waals surface area contributed by atoms with Crippen LogP contribution in [-0.2, 0) is 16.0 Å². The Bertz CT molecular complexity index is 1080. The zero-order valence-electron chi connectivity index (χ0n) is 15.2. The van der Waals surface area contributed by atoms with Gasteiger partial charge in [0.2, 0.25) is 0 Å². The zero-order valence-corrected chi connectivity index (χ0v) is 15.2. The average molecular weight is 366 g/mol. The Labute approximate surface area is 155 Å². The van der Waals surface area contributed by atoms with Crippen LogP contribution in [0.3, 0.4) is 0 Å². The lowest BCUT2D eigenvalue weighted by molar-refractivity contribution is -0.139. The van der Waals surface area contributed by atoms with E-state index in [0.717, 1.165) is 5.56 Å². The monoisotopic (exact) mass is 366 g/mol. The molecule has 1 heterocycles. The number of carbonyl (C=O) groups is 2. The molecular formula is C21H18O6. The van der Waals surface area contributed by atoms with Gasteiger partial charge in [0.05, 0.1) is 24.7 Å². The van der Waals surface area contributed by atoms with Crippen LogP contribution in [0, 0.1) is 13.8 Å². The van der Waals surface area contributed by atoms with E-state index >= 15 is 0 Å². The number of esters is 2. The van der Waals surface area contributed by atoms with Crippen molar-refractivity contribution in [2.75, 3.05) is 7.11 Å². The maximum absolute atomic E-state index is 12.2. The van der Waals surface area contributed by atoms with Crippen LogP contribution in [0.5, 0.6) is 5.75 Å². The molecule has 0 aliphatic heterocycles. The predicted molar refractivity (Wildman–Crippen MR) is 99.1 cm³/mol. The molecule has 138 valence electrons. The molecule has 0 saturated carbocycles. The standard InChI is InChI=1S/C21H18O6/c1-12-4-6-14(7-5-12)20(23)26-15-8-9-16-13(2)17(11-19(22)25-3)21(24)27-18(16)10-15/h4-10H,11H2,1-3H3. The van der Waals surface area contributed by atoms with Crippen LogP contribution in [0.15, 0.2) is 51.7 Å². The van der Waals surface area contributed by atoms with Crippen molar-refractivity contribution >= 4 is 22.9 Å². The second kappa shape index (κ2) is 7.45. The Kier molecular flexibility index (Phi) is 5.07. The lowest BCUT2D eigenvalue weighted by Crippen LogP contribution is -2.16. The second-order valence-electron chi connectivity index (χ2n) is 6.16. The zero-order chi connectivity index (χ0) is 19.6. The summed E-state index contributed by atoms with van der Waals surface area (Å²) in [6.07, 6.45) is -0.162. The van der Waals surface area contributed by atoms with Crippen LogP contribution >= 0.6 is 0 Å². The minimum absolute atomic E-state index is 0.162. The number of ether oxygens (including phenoxy) is 2. The molecule has 0 amide bonds. The van der Waals surface area contributed by atoms with E-state index in [4.69, 9.17) is 9.15 Å². The fraction of sp³-hybridized carbons (Fsp3) is 0.190. The van der Waals surface area contributed by atoms with Gasteiger partial charge in [-0.15, -0.1) is 0 Å². The lowest BCUT2D eigenvalue weighted by Gasteiger charge is -2.09. The van der Waals surface area contributed by atoms with Crippen molar-refractivity contribution in [3.63, 3.8) is 0 Å². The number of benzene rings is 2. The van der Waals surface area contributed by atoms with Gasteiger partial charge < -0.3 is 13.9 Å². The van der Waals surface area contributed by atoms with Crippen LogP contribution in [0.2, 0.25) is 0 Å². The Morgan fingerprint density at radius 3 is 2.41 bits per heavy atom. The fourth-order valence-corrected chi connectivity index (χ4v) is 2.71. The first-order chi connectivity index (χ1) is 12.9. The highest BCUT2D eigenvalue weighted by atomic mass is 16.5. The van der Waals surface area contributed by atoms with Crippen molar-refractivity contribution in [3.8, 4) is 5.75 Å². The average Bonchev–Trinajstić information content (AvgIpc) is 2.65. The molecule has 0 bridgehead atoms. The molecule has 2 aromatic carbocycles. The van der Waals surface area contributed by atoms with Gasteiger partial charge >= 0.3 is 17.6 Å². The van der Waals surface area contributed by atoms with Crippen molar-refractivity contribution < 1.29 is 23.5 Å². The van der Waals surface area contributed by atoms with Crippen LogP contribution in [-0.4, -0.2) is 19.0 Å². The number of hydrogen-bond acceptors (Lipinski definition) is 6. The minimum Gasteiger partial charge on any atom is -0.469 e. The van der Waals surface area contributed by atoms with Gasteiger partial charge in [-0.25, -0.2) is 9.59 Å². The van der Waals surface area contributed by atoms with Gasteiger partial charge in [-0.2, -0.15) is 0 Å². The van der Waals surface area contributed by atoms with Crippen LogP contribution < -0.4 is 10.4 Å². The van der Waals surface area contributed by atoms with E-state index in [0.29, 0.717) is 16.5 Å². The second-order valence-corrected chi connectivity index (χ2v) is 6.16. The fourth-order valence-electron chi connectivity index (χ4n) is 2.71. The number of aryl methyl sites for hydroxylation is 2. The Hall–Kier alpha value is -3.41. The SMILES string of the molecule is COC(=O)Cc1c(C)c2ccc(OC(=O)c3ccc(C)cc3)cc2oc1=O. The smallest absolute Gasteiger partial charge is 0.343 e. The summed E-state index contributed by atoms with van der Waals surface area (Å²) in [4.78, 5) is 35.9. The van der Waals surface area contributed by atoms with Crippen LogP contribution in [0.25, 0.3) is 11.0 Å². The van der Waals surface area contributed by atoms with E-state index in [2.05, 4.69) is 4.74 Å². The third-order valence-electron chi connectivity index (χ3n) is 4.31. The largest absolute Gasteiger partial charge is 0.469 e. The summed E-state index contributed by atoms with van der Waals surface area (Å²) in [7, 11) is 1.26. The highest BCUT2D eigenvalue weighted by Gasteiger charge is 2.16. The van der Waals surface area contributed by atoms with E-state index in [1.54, 1.807) is 31.2 Å². The summed E-state index contributed by atoms with van der Waals surface area (Å²) in [6.45, 7) is 3.66. The summed E-state index contributed by atoms with van der Waals surface area (Å²) in [6, 6.07) is 11.8. The third-order valence-corrected chi connectivity index (χ3v) is 4.31. The van der Waals surface area contributed by atoms with Gasteiger partial charge in [-0.3, -0.25) is 4.79 Å². The molecule has 0 N–H and O–H groups in total. The molecule has 3 rings (SSSR count). The van der Waals surface area contributed by atoms with E-state index in [1.807, 2.05) is 19.1 Å². The molecule has 0 fully saturated rings. The molecular weight excluding hydrogens is 348 g/mol. The lowest BCUT2D eigenvalue weighted by atomic mass is 10.0. The van der Waals surface area contributed by atoms with E-state index in [9.17, 15) is 14.4 Å². The molecule has 0 radical (unpaired) electrons. The first kappa shape index (κ1) is 18.4. The Morgan fingerprint density at radius 1 is 1.04 bits per heavy atom. The van der Waals surface area contributed by atoms with E-state index < -0.39 is 17.6 Å². The number of rotatable bonds is 4. The highest BCUT2D eigenvalue weighted by molar-refractivity contribution is 5.92. The summed E-state index contributed by atoms with van der Waals surface area (Å²) >= 11 is 0. The molecule has 6 heteroatoms. The van der Waals surface area contributed by atoms with Gasteiger partial charge in [-0.05, 0) is 43.7 Å². The van der Waals surface area contributed by atoms with Crippen molar-refractivity contribution in [2.45, 2.75) is 20.3 Å². The van der Waals surface area contributed by atoms with Gasteiger partial charge in [0.15, 0.2) is 0 Å². The van der Waals surface area contributed by atoms with Crippen LogP contribution in [0.4, 0.5) is 0 Å². The summed E-state index contributed by atoms with van der Waals surface area (Å²) in [5, 5.41) is 0.656. The minimum atomic E-state index is -0.618. The van der Waals surface area contributed by atoms with Crippen LogP contribution in [0.1, 0.15) is 27.0 Å². The summed E-state index contributed by atoms with van der Waals surface area (Å²) < 4.78 is 15.3. The number of fused-ring (bicyclic) bond motifs is 1. The summed E-state index contributed by atoms with van der Waals surface area (Å²) in [5.41, 5.74) is 2.00. The quantitative estimate of drug-likeness (QED) is 0.400. The predicted octanol–water partition coefficient (Wildman–Crippen LogP) is 3.34. The normalized spacial score (nSPS) is 10.6. The molecule has 0 saturated heterocycles. The van der Waals surface area contributed by atoms with Gasteiger partial charge in [0.1, 0.15) is 11.3 Å². The molecule has 1 aromatic heterocycles. The van der Waals surface area contributed by atoms with E-state index in [1.165, 1.54) is 13.2 Å². The maximum Gasteiger partial charge on any atom is 0.343 e. The molecule has 27 heavy (non-hydrogen) atoms. The van der Waals surface area contributed by atoms with Gasteiger partial charge in [0, 0.05) is 11.5 Å². The molecule has 3 aromatic rings. The molecule has 0 atom stereocenters. The number of carbonyl (C=O) groups excluding carboxylic acids is 2. The molecule has 6 nitrogen and oxygen atoms in total. The molecule has 0 spiro atoms. The number of hydrogen-bond donors (Lipinski definition) is 0. The van der Waals surface area contributed by atoms with Crippen molar-refractivity contribution in [1.82, 2.24) is 0 Å². The topological polar surface area (TPSA) is 82.8 Å². The molecule has 0 aliphatic carbocycles. The third kappa shape index (κ3) is 3.89.